The molecule has 0 aromatic heterocycles. The smallest absolute Gasteiger partial charge is 1.00 e. The van der Waals surface area contributed by atoms with E-state index in [0.29, 0.717) is 0 Å². The molecule has 5 heteroatoms. The zero-order valence-electron chi connectivity index (χ0n) is 9.05. The van der Waals surface area contributed by atoms with Crippen LogP contribution in [0.25, 0.3) is 0 Å². The summed E-state index contributed by atoms with van der Waals surface area (Å²) in [5.41, 5.74) is 0. The van der Waals surface area contributed by atoms with Crippen LogP contribution in [0.4, 0.5) is 0 Å². The third-order valence-corrected chi connectivity index (χ3v) is 3.25. The first-order valence-electron chi connectivity index (χ1n) is 4.16. The number of rotatable bonds is 5. The van der Waals surface area contributed by atoms with E-state index in [1.165, 1.54) is 0 Å². The summed E-state index contributed by atoms with van der Waals surface area (Å²) in [6.45, 7) is 11.9. The summed E-state index contributed by atoms with van der Waals surface area (Å²) in [6.07, 6.45) is 0.541. The topological polar surface area (TPSA) is 18.5 Å². The van der Waals surface area contributed by atoms with E-state index in [1.54, 1.807) is 0 Å². The second-order valence-corrected chi connectivity index (χ2v) is 5.07. The van der Waals surface area contributed by atoms with E-state index >= 15 is 0 Å². The minimum Gasteiger partial charge on any atom is -1.00 e. The Balaban J connectivity index is -0.000000500. The zero-order chi connectivity index (χ0) is 8.85. The van der Waals surface area contributed by atoms with Crippen LogP contribution in [0.2, 0.25) is 6.04 Å². The molecule has 0 heterocycles. The number of hydrogen-bond donors (Lipinski definition) is 0. The molecule has 76 valence electrons. The molecule has 0 saturated carbocycles. The van der Waals surface area contributed by atoms with Crippen molar-refractivity contribution in [2.45, 2.75) is 45.9 Å². The summed E-state index contributed by atoms with van der Waals surface area (Å²) < 4.78 is 11.1. The van der Waals surface area contributed by atoms with E-state index < -0.39 is 9.28 Å². The Hall–Kier alpha value is 1.19. The molecule has 0 amide bonds. The van der Waals surface area contributed by atoms with E-state index in [0.717, 1.165) is 6.04 Å². The average molecular weight is 235 g/mol. The molecule has 0 fully saturated rings. The molecular formula is C8H19ClMgO2Si. The maximum Gasteiger partial charge on any atom is 2.00 e. The van der Waals surface area contributed by atoms with Crippen molar-refractivity contribution in [3.63, 3.8) is 0 Å². The Bertz CT molecular complexity index is 94.1. The molecule has 0 bridgehead atoms. The molecule has 0 aromatic rings. The minimum absolute atomic E-state index is 0. The van der Waals surface area contributed by atoms with Gasteiger partial charge >= 0.3 is 23.1 Å². The normalized spacial score (nSPS) is 10.2. The molecule has 0 aliphatic carbocycles. The predicted molar refractivity (Wildman–Crippen MR) is 55.5 cm³/mol. The van der Waals surface area contributed by atoms with Gasteiger partial charge in [-0.25, -0.2) is 0 Å². The Morgan fingerprint density at radius 3 is 1.54 bits per heavy atom. The van der Waals surface area contributed by atoms with Crippen LogP contribution in [0.15, 0.2) is 0 Å². The fourth-order valence-corrected chi connectivity index (χ4v) is 2.33. The van der Waals surface area contributed by atoms with Gasteiger partial charge in [-0.2, -0.15) is 0 Å². The van der Waals surface area contributed by atoms with E-state index in [2.05, 4.69) is 6.92 Å². The number of hydrogen-bond acceptors (Lipinski definition) is 2. The van der Waals surface area contributed by atoms with Crippen molar-refractivity contribution < 1.29 is 21.3 Å². The number of halogens is 1. The maximum atomic E-state index is 5.56. The second-order valence-electron chi connectivity index (χ2n) is 3.09. The molecule has 0 atom stereocenters. The summed E-state index contributed by atoms with van der Waals surface area (Å²) in [7, 11) is -1.44. The van der Waals surface area contributed by atoms with Crippen LogP contribution < -0.4 is 12.4 Å². The van der Waals surface area contributed by atoms with Crippen LogP contribution >= 0.6 is 0 Å². The summed E-state index contributed by atoms with van der Waals surface area (Å²) in [5, 5.41) is 0. The zero-order valence-corrected chi connectivity index (χ0v) is 12.4. The molecular weight excluding hydrogens is 216 g/mol. The van der Waals surface area contributed by atoms with Crippen molar-refractivity contribution in [2.75, 3.05) is 0 Å². The van der Waals surface area contributed by atoms with Crippen LogP contribution in [-0.4, -0.2) is 44.5 Å². The van der Waals surface area contributed by atoms with E-state index in [9.17, 15) is 0 Å². The van der Waals surface area contributed by atoms with E-state index in [4.69, 9.17) is 8.85 Å². The molecule has 0 aromatic carbocycles. The second kappa shape index (κ2) is 11.3. The van der Waals surface area contributed by atoms with E-state index in [1.807, 2.05) is 27.7 Å². The summed E-state index contributed by atoms with van der Waals surface area (Å²) in [5.74, 6) is 0. The Morgan fingerprint density at radius 1 is 1.08 bits per heavy atom. The summed E-state index contributed by atoms with van der Waals surface area (Å²) in [6, 6.07) is 0.802. The maximum absolute atomic E-state index is 5.56. The van der Waals surface area contributed by atoms with Gasteiger partial charge in [0.25, 0.3) is 9.28 Å². The molecule has 0 N–H and O–H groups in total. The fraction of sp³-hybridized carbons (Fsp3) is 0.875. The third kappa shape index (κ3) is 13.2. The first kappa shape index (κ1) is 19.7. The molecule has 0 radical (unpaired) electrons. The monoisotopic (exact) mass is 234 g/mol. The van der Waals surface area contributed by atoms with Crippen molar-refractivity contribution in [3.8, 4) is 0 Å². The molecule has 0 unspecified atom stereocenters. The van der Waals surface area contributed by atoms with Crippen molar-refractivity contribution in [1.29, 1.82) is 0 Å². The molecule has 0 spiro atoms. The SMILES string of the molecule is [CH2-]C[SiH](OC(C)C)OC(C)C.[Cl-].[Mg+2]. The standard InChI is InChI=1S/C8H19O2Si.ClH.Mg/c1-6-11(9-7(2)3)10-8(4)5;;/h7-8,11H,1,6H2,2-5H3;1H;/q-1;;+2/p-1. The molecule has 13 heavy (non-hydrogen) atoms. The third-order valence-electron chi connectivity index (χ3n) is 1.08. The van der Waals surface area contributed by atoms with Gasteiger partial charge in [-0.3, -0.25) is 0 Å². The quantitative estimate of drug-likeness (QED) is 0.427. The average Bonchev–Trinajstić information content (AvgIpc) is 1.84. The van der Waals surface area contributed by atoms with Crippen LogP contribution in [0.5, 0.6) is 0 Å². The molecule has 2 nitrogen and oxygen atoms in total. The van der Waals surface area contributed by atoms with Crippen LogP contribution in [0.1, 0.15) is 27.7 Å². The summed E-state index contributed by atoms with van der Waals surface area (Å²) >= 11 is 0. The van der Waals surface area contributed by atoms with Gasteiger partial charge in [-0.15, -0.1) is 6.04 Å². The van der Waals surface area contributed by atoms with Crippen LogP contribution in [0, 0.1) is 6.92 Å². The van der Waals surface area contributed by atoms with Gasteiger partial charge in [0.1, 0.15) is 0 Å². The first-order chi connectivity index (χ1) is 5.06. The minimum atomic E-state index is -1.44. The molecule has 0 rings (SSSR count). The van der Waals surface area contributed by atoms with Crippen molar-refractivity contribution >= 4 is 32.3 Å². The Kier molecular flexibility index (Phi) is 17.1. The van der Waals surface area contributed by atoms with Gasteiger partial charge in [-0.05, 0) is 27.7 Å². The van der Waals surface area contributed by atoms with Gasteiger partial charge in [0, 0.05) is 12.2 Å². The van der Waals surface area contributed by atoms with Crippen molar-refractivity contribution in [1.82, 2.24) is 0 Å². The van der Waals surface area contributed by atoms with Crippen LogP contribution in [0.3, 0.4) is 0 Å². The fourth-order valence-electron chi connectivity index (χ4n) is 0.775. The predicted octanol–water partition coefficient (Wildman–Crippen LogP) is -1.49. The largest absolute Gasteiger partial charge is 2.00 e. The van der Waals surface area contributed by atoms with Crippen molar-refractivity contribution in [2.24, 2.45) is 0 Å². The summed E-state index contributed by atoms with van der Waals surface area (Å²) in [4.78, 5) is 0. The van der Waals surface area contributed by atoms with Gasteiger partial charge < -0.3 is 28.2 Å². The van der Waals surface area contributed by atoms with Gasteiger partial charge in [0.15, 0.2) is 0 Å². The van der Waals surface area contributed by atoms with Crippen molar-refractivity contribution in [3.05, 3.63) is 6.92 Å². The van der Waals surface area contributed by atoms with Crippen LogP contribution in [-0.2, 0) is 8.85 Å². The van der Waals surface area contributed by atoms with Gasteiger partial charge in [0.05, 0.1) is 0 Å². The molecule has 0 aliphatic heterocycles. The van der Waals surface area contributed by atoms with E-state index in [-0.39, 0.29) is 47.7 Å². The molecule has 0 aliphatic rings. The van der Waals surface area contributed by atoms with Gasteiger partial charge in [-0.1, -0.05) is 0 Å². The first-order valence-corrected chi connectivity index (χ1v) is 5.92. The Morgan fingerprint density at radius 2 is 1.38 bits per heavy atom. The Labute approximate surface area is 106 Å². The molecule has 0 saturated heterocycles. The van der Waals surface area contributed by atoms with Gasteiger partial charge in [0.2, 0.25) is 0 Å².